The minimum atomic E-state index is -0.399. The van der Waals surface area contributed by atoms with Crippen molar-refractivity contribution in [1.82, 2.24) is 0 Å². The van der Waals surface area contributed by atoms with Gasteiger partial charge in [-0.15, -0.1) is 0 Å². The van der Waals surface area contributed by atoms with E-state index in [0.29, 0.717) is 6.42 Å². The Kier molecular flexibility index (Phi) is 3.08. The van der Waals surface area contributed by atoms with E-state index in [0.717, 1.165) is 18.4 Å². The Labute approximate surface area is 90.6 Å². The van der Waals surface area contributed by atoms with Gasteiger partial charge >= 0.3 is 0 Å². The zero-order chi connectivity index (χ0) is 10.8. The molecule has 15 heavy (non-hydrogen) atoms. The van der Waals surface area contributed by atoms with Gasteiger partial charge in [-0.2, -0.15) is 0 Å². The van der Waals surface area contributed by atoms with Gasteiger partial charge in [0.25, 0.3) is 0 Å². The van der Waals surface area contributed by atoms with Crippen molar-refractivity contribution in [3.63, 3.8) is 0 Å². The highest BCUT2D eigenvalue weighted by Gasteiger charge is 2.28. The van der Waals surface area contributed by atoms with Crippen molar-refractivity contribution in [3.8, 4) is 0 Å². The Morgan fingerprint density at radius 3 is 2.87 bits per heavy atom. The molecule has 0 saturated heterocycles. The van der Waals surface area contributed by atoms with E-state index < -0.39 is 6.10 Å². The number of hydrogen-bond acceptors (Lipinski definition) is 2. The van der Waals surface area contributed by atoms with Crippen molar-refractivity contribution in [2.75, 3.05) is 0 Å². The van der Waals surface area contributed by atoms with Crippen LogP contribution in [0.1, 0.15) is 37.0 Å². The average Bonchev–Trinajstić information content (AvgIpc) is 2.22. The summed E-state index contributed by atoms with van der Waals surface area (Å²) in [5.41, 5.74) is 2.31. The van der Waals surface area contributed by atoms with Gasteiger partial charge in [-0.1, -0.05) is 24.3 Å². The van der Waals surface area contributed by atoms with Crippen molar-refractivity contribution >= 4 is 0 Å². The molecule has 0 amide bonds. The molecule has 3 unspecified atom stereocenters. The predicted molar refractivity (Wildman–Crippen MR) is 59.5 cm³/mol. The first-order valence-corrected chi connectivity index (χ1v) is 5.62. The lowest BCUT2D eigenvalue weighted by molar-refractivity contribution is 0.0553. The highest BCUT2D eigenvalue weighted by molar-refractivity contribution is 5.31. The maximum absolute atomic E-state index is 10.2. The van der Waals surface area contributed by atoms with Crippen LogP contribution >= 0.6 is 0 Å². The summed E-state index contributed by atoms with van der Waals surface area (Å²) in [6.45, 7) is 1.78. The molecule has 3 atom stereocenters. The standard InChI is InChI=1S/C13H18O2/c1-9(14)8-11-7-6-10-4-2-3-5-12(10)13(11)15/h2-5,9,11,13-15H,6-8H2,1H3. The normalized spacial score (nSPS) is 27.1. The van der Waals surface area contributed by atoms with Gasteiger partial charge < -0.3 is 10.2 Å². The Hall–Kier alpha value is -0.860. The van der Waals surface area contributed by atoms with Gasteiger partial charge in [-0.3, -0.25) is 0 Å². The van der Waals surface area contributed by atoms with E-state index in [4.69, 9.17) is 0 Å². The van der Waals surface area contributed by atoms with Crippen molar-refractivity contribution < 1.29 is 10.2 Å². The van der Waals surface area contributed by atoms with Crippen LogP contribution in [0.2, 0.25) is 0 Å². The van der Waals surface area contributed by atoms with E-state index in [1.807, 2.05) is 18.2 Å². The first-order chi connectivity index (χ1) is 7.18. The first-order valence-electron chi connectivity index (χ1n) is 5.62. The molecular weight excluding hydrogens is 188 g/mol. The van der Waals surface area contributed by atoms with Crippen LogP contribution in [0, 0.1) is 5.92 Å². The molecule has 0 bridgehead atoms. The summed E-state index contributed by atoms with van der Waals surface area (Å²) < 4.78 is 0. The van der Waals surface area contributed by atoms with E-state index in [-0.39, 0.29) is 12.0 Å². The summed E-state index contributed by atoms with van der Waals surface area (Å²) in [5, 5.41) is 19.5. The maximum atomic E-state index is 10.2. The number of aliphatic hydroxyl groups is 2. The fraction of sp³-hybridized carbons (Fsp3) is 0.538. The van der Waals surface area contributed by atoms with Crippen LogP contribution in [-0.2, 0) is 6.42 Å². The molecule has 2 rings (SSSR count). The average molecular weight is 206 g/mol. The molecule has 0 fully saturated rings. The fourth-order valence-corrected chi connectivity index (χ4v) is 2.49. The van der Waals surface area contributed by atoms with Gasteiger partial charge in [0, 0.05) is 0 Å². The summed E-state index contributed by atoms with van der Waals surface area (Å²) in [7, 11) is 0. The molecule has 1 aliphatic rings. The van der Waals surface area contributed by atoms with E-state index in [1.54, 1.807) is 6.92 Å². The third kappa shape index (κ3) is 2.21. The Morgan fingerprint density at radius 1 is 1.40 bits per heavy atom. The van der Waals surface area contributed by atoms with Gasteiger partial charge in [0.1, 0.15) is 0 Å². The molecule has 0 radical (unpaired) electrons. The van der Waals surface area contributed by atoms with Gasteiger partial charge in [0.2, 0.25) is 0 Å². The minimum Gasteiger partial charge on any atom is -0.393 e. The first kappa shape index (κ1) is 10.7. The van der Waals surface area contributed by atoms with E-state index in [9.17, 15) is 10.2 Å². The molecule has 2 heteroatoms. The molecule has 82 valence electrons. The van der Waals surface area contributed by atoms with Crippen molar-refractivity contribution in [2.24, 2.45) is 5.92 Å². The van der Waals surface area contributed by atoms with Crippen molar-refractivity contribution in [2.45, 2.75) is 38.4 Å². The summed E-state index contributed by atoms with van der Waals surface area (Å²) >= 11 is 0. The van der Waals surface area contributed by atoms with E-state index >= 15 is 0 Å². The maximum Gasteiger partial charge on any atom is 0.0821 e. The van der Waals surface area contributed by atoms with Crippen LogP contribution in [-0.4, -0.2) is 16.3 Å². The molecule has 2 nitrogen and oxygen atoms in total. The molecule has 0 heterocycles. The third-order valence-electron chi connectivity index (χ3n) is 3.25. The summed E-state index contributed by atoms with van der Waals surface area (Å²) in [5.74, 6) is 0.208. The molecule has 1 aromatic carbocycles. The minimum absolute atomic E-state index is 0.208. The third-order valence-corrected chi connectivity index (χ3v) is 3.25. The largest absolute Gasteiger partial charge is 0.393 e. The Bertz CT molecular complexity index is 333. The van der Waals surface area contributed by atoms with Crippen LogP contribution in [0.4, 0.5) is 0 Å². The molecule has 0 aromatic heterocycles. The number of fused-ring (bicyclic) bond motifs is 1. The topological polar surface area (TPSA) is 40.5 Å². The highest BCUT2D eigenvalue weighted by Crippen LogP contribution is 2.36. The molecule has 1 aromatic rings. The quantitative estimate of drug-likeness (QED) is 0.777. The molecule has 0 aliphatic heterocycles. The monoisotopic (exact) mass is 206 g/mol. The second-order valence-electron chi connectivity index (χ2n) is 4.53. The zero-order valence-electron chi connectivity index (χ0n) is 9.06. The summed E-state index contributed by atoms with van der Waals surface area (Å²) in [6.07, 6.45) is 1.96. The molecule has 2 N–H and O–H groups in total. The lowest BCUT2D eigenvalue weighted by Crippen LogP contribution is -2.23. The smallest absolute Gasteiger partial charge is 0.0821 e. The Balaban J connectivity index is 2.18. The van der Waals surface area contributed by atoms with Crippen molar-refractivity contribution in [1.29, 1.82) is 0 Å². The van der Waals surface area contributed by atoms with Gasteiger partial charge in [0.05, 0.1) is 12.2 Å². The molecule has 0 saturated carbocycles. The fourth-order valence-electron chi connectivity index (χ4n) is 2.49. The van der Waals surface area contributed by atoms with Crippen LogP contribution in [0.25, 0.3) is 0 Å². The molecule has 0 spiro atoms. The Morgan fingerprint density at radius 2 is 2.13 bits per heavy atom. The second-order valence-corrected chi connectivity index (χ2v) is 4.53. The van der Waals surface area contributed by atoms with Gasteiger partial charge in [0.15, 0.2) is 0 Å². The molecular formula is C13H18O2. The van der Waals surface area contributed by atoms with Crippen LogP contribution in [0.3, 0.4) is 0 Å². The highest BCUT2D eigenvalue weighted by atomic mass is 16.3. The van der Waals surface area contributed by atoms with Crippen molar-refractivity contribution in [3.05, 3.63) is 35.4 Å². The van der Waals surface area contributed by atoms with Crippen LogP contribution in [0.15, 0.2) is 24.3 Å². The number of aryl methyl sites for hydroxylation is 1. The van der Waals surface area contributed by atoms with Crippen LogP contribution in [0.5, 0.6) is 0 Å². The van der Waals surface area contributed by atoms with E-state index in [2.05, 4.69) is 6.07 Å². The number of aliphatic hydroxyl groups excluding tert-OH is 2. The number of benzene rings is 1. The number of rotatable bonds is 2. The SMILES string of the molecule is CC(O)CC1CCc2ccccc2C1O. The predicted octanol–water partition coefficient (Wildman–Crippen LogP) is 2.05. The van der Waals surface area contributed by atoms with Crippen LogP contribution < -0.4 is 0 Å². The second kappa shape index (κ2) is 4.33. The summed E-state index contributed by atoms with van der Waals surface area (Å²) in [6, 6.07) is 8.05. The van der Waals surface area contributed by atoms with Gasteiger partial charge in [-0.25, -0.2) is 0 Å². The summed E-state index contributed by atoms with van der Waals surface area (Å²) in [4.78, 5) is 0. The lowest BCUT2D eigenvalue weighted by atomic mass is 9.79. The number of hydrogen-bond donors (Lipinski definition) is 2. The molecule has 1 aliphatic carbocycles. The zero-order valence-corrected chi connectivity index (χ0v) is 9.06. The lowest BCUT2D eigenvalue weighted by Gasteiger charge is -2.30. The van der Waals surface area contributed by atoms with Gasteiger partial charge in [-0.05, 0) is 43.2 Å². The van der Waals surface area contributed by atoms with E-state index in [1.165, 1.54) is 5.56 Å².